The lowest BCUT2D eigenvalue weighted by Gasteiger charge is -2.35. The van der Waals surface area contributed by atoms with E-state index >= 15 is 0 Å². The van der Waals surface area contributed by atoms with Gasteiger partial charge in [0.05, 0.1) is 0 Å². The highest BCUT2D eigenvalue weighted by Gasteiger charge is 2.20. The minimum absolute atomic E-state index is 0.854. The average molecular weight is 301 g/mol. The van der Waals surface area contributed by atoms with Gasteiger partial charge in [-0.1, -0.05) is 13.8 Å². The molecule has 0 amide bonds. The normalized spacial score (nSPS) is 24.7. The Morgan fingerprint density at radius 3 is 2.45 bits per heavy atom. The number of hydrogen-bond donors (Lipinski definition) is 2. The second-order valence-electron chi connectivity index (χ2n) is 5.98. The molecule has 5 heteroatoms. The lowest BCUT2D eigenvalue weighted by molar-refractivity contribution is 0.140. The number of aliphatic imine (C=N–C) groups is 1. The van der Waals surface area contributed by atoms with Crippen molar-refractivity contribution >= 4 is 17.7 Å². The van der Waals surface area contributed by atoms with Gasteiger partial charge in [-0.25, -0.2) is 0 Å². The summed E-state index contributed by atoms with van der Waals surface area (Å²) in [6.45, 7) is 10.5. The number of thioether (sulfide) groups is 1. The van der Waals surface area contributed by atoms with Crippen LogP contribution in [0.15, 0.2) is 4.99 Å². The Labute approximate surface area is 129 Å². The van der Waals surface area contributed by atoms with Gasteiger partial charge in [-0.15, -0.1) is 0 Å². The summed E-state index contributed by atoms with van der Waals surface area (Å²) in [6, 6.07) is 0. The highest BCUT2D eigenvalue weighted by Crippen LogP contribution is 2.20. The van der Waals surface area contributed by atoms with Gasteiger partial charge < -0.3 is 15.5 Å². The highest BCUT2D eigenvalue weighted by molar-refractivity contribution is 7.98. The molecule has 1 saturated heterocycles. The van der Waals surface area contributed by atoms with Gasteiger partial charge in [0.2, 0.25) is 0 Å². The second kappa shape index (κ2) is 10.3. The molecule has 4 nitrogen and oxygen atoms in total. The molecule has 0 aromatic heterocycles. The van der Waals surface area contributed by atoms with Crippen LogP contribution in [0.1, 0.15) is 26.7 Å². The molecular formula is C15H32N4S. The first-order chi connectivity index (χ1) is 9.65. The van der Waals surface area contributed by atoms with Gasteiger partial charge in [0.1, 0.15) is 0 Å². The standard InChI is InChI=1S/C15H32N4S/c1-13-10-14(2)12-19(11-13)8-5-6-17-15(16-3)18-7-9-20-4/h13-14H,5-12H2,1-4H3,(H2,16,17,18). The molecule has 2 unspecified atom stereocenters. The van der Waals surface area contributed by atoms with Gasteiger partial charge in [-0.2, -0.15) is 11.8 Å². The molecule has 118 valence electrons. The van der Waals surface area contributed by atoms with Crippen LogP contribution in [0.2, 0.25) is 0 Å². The zero-order valence-electron chi connectivity index (χ0n) is 13.6. The summed E-state index contributed by atoms with van der Waals surface area (Å²) < 4.78 is 0. The number of guanidine groups is 1. The van der Waals surface area contributed by atoms with Gasteiger partial charge >= 0.3 is 0 Å². The van der Waals surface area contributed by atoms with Crippen molar-refractivity contribution in [3.63, 3.8) is 0 Å². The molecule has 2 N–H and O–H groups in total. The van der Waals surface area contributed by atoms with Crippen LogP contribution >= 0.6 is 11.8 Å². The largest absolute Gasteiger partial charge is 0.356 e. The quantitative estimate of drug-likeness (QED) is 0.428. The van der Waals surface area contributed by atoms with Gasteiger partial charge in [0.15, 0.2) is 5.96 Å². The van der Waals surface area contributed by atoms with E-state index in [4.69, 9.17) is 0 Å². The zero-order valence-corrected chi connectivity index (χ0v) is 14.4. The van der Waals surface area contributed by atoms with Crippen LogP contribution in [0.4, 0.5) is 0 Å². The van der Waals surface area contributed by atoms with E-state index in [1.165, 1.54) is 32.5 Å². The van der Waals surface area contributed by atoms with E-state index in [1.807, 2.05) is 18.8 Å². The Balaban J connectivity index is 2.11. The van der Waals surface area contributed by atoms with Gasteiger partial charge in [0, 0.05) is 39.0 Å². The Bertz CT molecular complexity index is 273. The molecule has 0 saturated carbocycles. The van der Waals surface area contributed by atoms with Crippen molar-refractivity contribution in [3.8, 4) is 0 Å². The number of hydrogen-bond acceptors (Lipinski definition) is 3. The van der Waals surface area contributed by atoms with E-state index in [0.29, 0.717) is 0 Å². The summed E-state index contributed by atoms with van der Waals surface area (Å²) in [5.74, 6) is 3.75. The summed E-state index contributed by atoms with van der Waals surface area (Å²) in [6.07, 6.45) is 4.70. The van der Waals surface area contributed by atoms with Crippen LogP contribution in [0.25, 0.3) is 0 Å². The van der Waals surface area contributed by atoms with E-state index in [0.717, 1.165) is 36.6 Å². The molecule has 0 spiro atoms. The fourth-order valence-electron chi connectivity index (χ4n) is 2.98. The minimum Gasteiger partial charge on any atom is -0.356 e. The van der Waals surface area contributed by atoms with Crippen LogP contribution in [0.5, 0.6) is 0 Å². The SMILES string of the molecule is CN=C(NCCCN1CC(C)CC(C)C1)NCCSC. The average Bonchev–Trinajstić information content (AvgIpc) is 2.40. The van der Waals surface area contributed by atoms with E-state index < -0.39 is 0 Å². The molecule has 0 radical (unpaired) electrons. The summed E-state index contributed by atoms with van der Waals surface area (Å²) >= 11 is 1.85. The van der Waals surface area contributed by atoms with E-state index in [-0.39, 0.29) is 0 Å². The van der Waals surface area contributed by atoms with Crippen molar-refractivity contribution < 1.29 is 0 Å². The van der Waals surface area contributed by atoms with Crippen molar-refractivity contribution in [3.05, 3.63) is 0 Å². The summed E-state index contributed by atoms with van der Waals surface area (Å²) in [5, 5.41) is 6.72. The smallest absolute Gasteiger partial charge is 0.191 e. The van der Waals surface area contributed by atoms with Crippen LogP contribution in [0.3, 0.4) is 0 Å². The monoisotopic (exact) mass is 300 g/mol. The maximum absolute atomic E-state index is 4.24. The first kappa shape index (κ1) is 17.6. The molecule has 1 heterocycles. The van der Waals surface area contributed by atoms with Crippen molar-refractivity contribution in [2.45, 2.75) is 26.7 Å². The predicted octanol–water partition coefficient (Wildman–Crippen LogP) is 1.88. The van der Waals surface area contributed by atoms with E-state index in [2.05, 4.69) is 40.6 Å². The second-order valence-corrected chi connectivity index (χ2v) is 6.96. The Kier molecular flexibility index (Phi) is 9.10. The first-order valence-corrected chi connectivity index (χ1v) is 9.21. The third-order valence-corrected chi connectivity index (χ3v) is 4.32. The number of likely N-dealkylation sites (tertiary alicyclic amines) is 1. The number of nitrogens with zero attached hydrogens (tertiary/aromatic N) is 2. The Hall–Kier alpha value is -0.420. The number of piperidine rings is 1. The van der Waals surface area contributed by atoms with Crippen molar-refractivity contribution in [2.24, 2.45) is 16.8 Å². The maximum Gasteiger partial charge on any atom is 0.191 e. The fraction of sp³-hybridized carbons (Fsp3) is 0.933. The fourth-order valence-corrected chi connectivity index (χ4v) is 3.28. The predicted molar refractivity (Wildman–Crippen MR) is 91.7 cm³/mol. The van der Waals surface area contributed by atoms with Gasteiger partial charge in [0.25, 0.3) is 0 Å². The third-order valence-electron chi connectivity index (χ3n) is 3.71. The van der Waals surface area contributed by atoms with Crippen LogP contribution < -0.4 is 10.6 Å². The summed E-state index contributed by atoms with van der Waals surface area (Å²) in [5.41, 5.74) is 0. The lowest BCUT2D eigenvalue weighted by atomic mass is 9.92. The van der Waals surface area contributed by atoms with Crippen molar-refractivity contribution in [1.29, 1.82) is 0 Å². The maximum atomic E-state index is 4.24. The molecular weight excluding hydrogens is 268 g/mol. The van der Waals surface area contributed by atoms with Crippen molar-refractivity contribution in [2.75, 3.05) is 51.8 Å². The third kappa shape index (κ3) is 7.39. The molecule has 1 aliphatic heterocycles. The Morgan fingerprint density at radius 2 is 1.85 bits per heavy atom. The topological polar surface area (TPSA) is 39.7 Å². The van der Waals surface area contributed by atoms with E-state index in [1.54, 1.807) is 0 Å². The zero-order chi connectivity index (χ0) is 14.8. The van der Waals surface area contributed by atoms with Crippen LogP contribution in [-0.2, 0) is 0 Å². The van der Waals surface area contributed by atoms with Gasteiger partial charge in [-0.3, -0.25) is 4.99 Å². The van der Waals surface area contributed by atoms with Crippen LogP contribution in [-0.4, -0.2) is 62.6 Å². The van der Waals surface area contributed by atoms with Crippen LogP contribution in [0, 0.1) is 11.8 Å². The number of rotatable bonds is 7. The molecule has 1 fully saturated rings. The lowest BCUT2D eigenvalue weighted by Crippen LogP contribution is -2.42. The van der Waals surface area contributed by atoms with E-state index in [9.17, 15) is 0 Å². The molecule has 0 bridgehead atoms. The van der Waals surface area contributed by atoms with Gasteiger partial charge in [-0.05, 0) is 37.5 Å². The molecule has 0 aromatic rings. The highest BCUT2D eigenvalue weighted by atomic mass is 32.2. The summed E-state index contributed by atoms with van der Waals surface area (Å²) in [7, 11) is 1.84. The molecule has 0 aliphatic carbocycles. The Morgan fingerprint density at radius 1 is 1.20 bits per heavy atom. The minimum atomic E-state index is 0.854. The number of nitrogens with one attached hydrogen (secondary N) is 2. The molecule has 1 aliphatic rings. The molecule has 1 rings (SSSR count). The molecule has 0 aromatic carbocycles. The summed E-state index contributed by atoms with van der Waals surface area (Å²) in [4.78, 5) is 6.86. The van der Waals surface area contributed by atoms with Crippen molar-refractivity contribution in [1.82, 2.24) is 15.5 Å². The molecule has 2 atom stereocenters. The first-order valence-electron chi connectivity index (χ1n) is 7.81. The molecule has 20 heavy (non-hydrogen) atoms.